The fourth-order valence-corrected chi connectivity index (χ4v) is 3.23. The lowest BCUT2D eigenvalue weighted by Gasteiger charge is -2.09. The number of nitrogens with zero attached hydrogens (tertiary/aromatic N) is 3. The number of thiazole rings is 1. The highest BCUT2D eigenvalue weighted by Crippen LogP contribution is 2.31. The van der Waals surface area contributed by atoms with Crippen molar-refractivity contribution in [3.63, 3.8) is 0 Å². The Labute approximate surface area is 152 Å². The molecule has 0 aliphatic rings. The number of rotatable bonds is 5. The van der Waals surface area contributed by atoms with Crippen LogP contribution in [0.3, 0.4) is 0 Å². The van der Waals surface area contributed by atoms with Crippen LogP contribution in [0.1, 0.15) is 11.4 Å². The van der Waals surface area contributed by atoms with Crippen molar-refractivity contribution in [2.45, 2.75) is 26.3 Å². The Bertz CT molecular complexity index is 982. The second kappa shape index (κ2) is 7.10. The van der Waals surface area contributed by atoms with Crippen LogP contribution >= 0.6 is 11.3 Å². The van der Waals surface area contributed by atoms with E-state index in [9.17, 15) is 26.7 Å². The van der Waals surface area contributed by atoms with Crippen molar-refractivity contribution in [2.75, 3.05) is 5.32 Å². The zero-order valence-electron chi connectivity index (χ0n) is 13.6. The number of hydrogen-bond acceptors (Lipinski definition) is 5. The second-order valence-electron chi connectivity index (χ2n) is 5.40. The molecule has 2 aromatic heterocycles. The first kappa shape index (κ1) is 19.0. The molecule has 1 amide bonds. The quantitative estimate of drug-likeness (QED) is 0.649. The van der Waals surface area contributed by atoms with Crippen LogP contribution in [0.2, 0.25) is 0 Å². The van der Waals surface area contributed by atoms with Gasteiger partial charge in [0, 0.05) is 0 Å². The van der Waals surface area contributed by atoms with Crippen LogP contribution in [-0.2, 0) is 17.5 Å². The molecule has 0 atom stereocenters. The largest absolute Gasteiger partial charge is 0.435 e. The normalized spacial score (nSPS) is 12.0. The molecule has 0 saturated heterocycles. The van der Waals surface area contributed by atoms with Gasteiger partial charge >= 0.3 is 12.8 Å². The molecule has 3 aromatic rings. The van der Waals surface area contributed by atoms with Gasteiger partial charge in [0.05, 0.1) is 15.9 Å². The number of carbonyl (C=O) groups is 1. The van der Waals surface area contributed by atoms with Crippen molar-refractivity contribution >= 4 is 32.6 Å². The van der Waals surface area contributed by atoms with Crippen molar-refractivity contribution in [3.05, 3.63) is 35.7 Å². The van der Waals surface area contributed by atoms with E-state index in [2.05, 4.69) is 20.1 Å². The van der Waals surface area contributed by atoms with Gasteiger partial charge in [0.2, 0.25) is 5.91 Å². The van der Waals surface area contributed by atoms with Gasteiger partial charge in [-0.3, -0.25) is 9.48 Å². The minimum Gasteiger partial charge on any atom is -0.435 e. The third-order valence-electron chi connectivity index (χ3n) is 3.32. The first-order chi connectivity index (χ1) is 12.6. The van der Waals surface area contributed by atoms with E-state index in [1.54, 1.807) is 0 Å². The molecule has 6 nitrogen and oxygen atoms in total. The van der Waals surface area contributed by atoms with Gasteiger partial charge in [0.1, 0.15) is 18.0 Å². The number of aromatic nitrogens is 3. The monoisotopic (exact) mass is 406 g/mol. The van der Waals surface area contributed by atoms with Crippen molar-refractivity contribution in [3.8, 4) is 5.75 Å². The van der Waals surface area contributed by atoms with Gasteiger partial charge in [0.25, 0.3) is 0 Å². The standard InChI is InChI=1S/C15H11F5N4O2S/c1-7-4-11(15(18,19)20)24(23-7)6-12(25)22-14-21-9-3-2-8(26-13(16)17)5-10(9)27-14/h2-5,13H,6H2,1H3,(H,21,22,25). The Hall–Kier alpha value is -2.76. The van der Waals surface area contributed by atoms with Gasteiger partial charge < -0.3 is 10.1 Å². The fraction of sp³-hybridized carbons (Fsp3) is 0.267. The van der Waals surface area contributed by atoms with E-state index < -0.39 is 30.9 Å². The van der Waals surface area contributed by atoms with E-state index in [0.29, 0.717) is 14.9 Å². The van der Waals surface area contributed by atoms with Crippen molar-refractivity contribution in [1.29, 1.82) is 0 Å². The van der Waals surface area contributed by atoms with Gasteiger partial charge in [-0.15, -0.1) is 0 Å². The SMILES string of the molecule is Cc1cc(C(F)(F)F)n(CC(=O)Nc2nc3ccc(OC(F)F)cc3s2)n1. The number of halogens is 5. The maximum absolute atomic E-state index is 12.9. The number of hydrogen-bond donors (Lipinski definition) is 1. The van der Waals surface area contributed by atoms with Crippen LogP contribution in [0, 0.1) is 6.92 Å². The lowest BCUT2D eigenvalue weighted by molar-refractivity contribution is -0.144. The summed E-state index contributed by atoms with van der Waals surface area (Å²) in [7, 11) is 0. The number of anilines is 1. The van der Waals surface area contributed by atoms with Crippen LogP contribution in [0.15, 0.2) is 24.3 Å². The Morgan fingerprint density at radius 3 is 2.74 bits per heavy atom. The Morgan fingerprint density at radius 1 is 1.33 bits per heavy atom. The summed E-state index contributed by atoms with van der Waals surface area (Å²) in [6.45, 7) is -2.25. The van der Waals surface area contributed by atoms with E-state index in [1.807, 2.05) is 0 Å². The van der Waals surface area contributed by atoms with Crippen LogP contribution in [0.5, 0.6) is 5.75 Å². The van der Waals surface area contributed by atoms with Crippen molar-refractivity contribution in [2.24, 2.45) is 0 Å². The molecule has 27 heavy (non-hydrogen) atoms. The molecule has 0 bridgehead atoms. The Balaban J connectivity index is 1.75. The molecule has 1 N–H and O–H groups in total. The predicted molar refractivity (Wildman–Crippen MR) is 86.8 cm³/mol. The highest BCUT2D eigenvalue weighted by Gasteiger charge is 2.35. The topological polar surface area (TPSA) is 69.0 Å². The van der Waals surface area contributed by atoms with Crippen LogP contribution in [0.25, 0.3) is 10.2 Å². The van der Waals surface area contributed by atoms with Crippen molar-refractivity contribution in [1.82, 2.24) is 14.8 Å². The molecule has 3 rings (SSSR count). The number of aryl methyl sites for hydroxylation is 1. The first-order valence-electron chi connectivity index (χ1n) is 7.39. The average Bonchev–Trinajstić information content (AvgIpc) is 3.08. The maximum atomic E-state index is 12.9. The number of carbonyl (C=O) groups excluding carboxylic acids is 1. The molecule has 0 fully saturated rings. The van der Waals surface area contributed by atoms with Crippen LogP contribution in [-0.4, -0.2) is 27.3 Å². The molecule has 0 unspecified atom stereocenters. The summed E-state index contributed by atoms with van der Waals surface area (Å²) in [6, 6.07) is 4.89. The van der Waals surface area contributed by atoms with E-state index in [4.69, 9.17) is 0 Å². The third-order valence-corrected chi connectivity index (χ3v) is 4.25. The van der Waals surface area contributed by atoms with E-state index >= 15 is 0 Å². The molecule has 0 radical (unpaired) electrons. The maximum Gasteiger partial charge on any atom is 0.433 e. The molecule has 1 aromatic carbocycles. The minimum absolute atomic E-state index is 0.0686. The number of ether oxygens (including phenoxy) is 1. The van der Waals surface area contributed by atoms with Gasteiger partial charge in [-0.25, -0.2) is 4.98 Å². The number of amides is 1. The second-order valence-corrected chi connectivity index (χ2v) is 6.43. The average molecular weight is 406 g/mol. The van der Waals surface area contributed by atoms with Gasteiger partial charge in [0.15, 0.2) is 5.13 Å². The number of fused-ring (bicyclic) bond motifs is 1. The number of alkyl halides is 5. The highest BCUT2D eigenvalue weighted by molar-refractivity contribution is 7.22. The summed E-state index contributed by atoms with van der Waals surface area (Å²) in [4.78, 5) is 16.1. The lowest BCUT2D eigenvalue weighted by Crippen LogP contribution is -2.23. The van der Waals surface area contributed by atoms with Crippen LogP contribution in [0.4, 0.5) is 27.1 Å². The molecule has 12 heteroatoms. The minimum atomic E-state index is -4.64. The summed E-state index contributed by atoms with van der Waals surface area (Å²) in [5.41, 5.74) is -0.488. The Morgan fingerprint density at radius 2 is 2.07 bits per heavy atom. The summed E-state index contributed by atoms with van der Waals surface area (Å²) < 4.78 is 68.6. The molecule has 0 spiro atoms. The summed E-state index contributed by atoms with van der Waals surface area (Å²) >= 11 is 0.973. The highest BCUT2D eigenvalue weighted by atomic mass is 32.1. The predicted octanol–water partition coefficient (Wildman–Crippen LogP) is 4.06. The molecule has 2 heterocycles. The molecule has 0 aliphatic heterocycles. The number of benzene rings is 1. The van der Waals surface area contributed by atoms with Crippen LogP contribution < -0.4 is 10.1 Å². The van der Waals surface area contributed by atoms with E-state index in [0.717, 1.165) is 17.4 Å². The smallest absolute Gasteiger partial charge is 0.433 e. The molecule has 144 valence electrons. The molecular formula is C15H11F5N4O2S. The summed E-state index contributed by atoms with van der Waals surface area (Å²) in [5.74, 6) is -0.826. The van der Waals surface area contributed by atoms with Crippen molar-refractivity contribution < 1.29 is 31.5 Å². The zero-order chi connectivity index (χ0) is 19.8. The third kappa shape index (κ3) is 4.51. The zero-order valence-corrected chi connectivity index (χ0v) is 14.4. The van der Waals surface area contributed by atoms with Gasteiger partial charge in [-0.1, -0.05) is 11.3 Å². The molecular weight excluding hydrogens is 395 g/mol. The van der Waals surface area contributed by atoms with E-state index in [-0.39, 0.29) is 16.6 Å². The molecule has 0 aliphatic carbocycles. The van der Waals surface area contributed by atoms with Gasteiger partial charge in [-0.05, 0) is 31.2 Å². The summed E-state index contributed by atoms with van der Waals surface area (Å²) in [5, 5.41) is 6.16. The summed E-state index contributed by atoms with van der Waals surface area (Å²) in [6.07, 6.45) is -4.64. The number of nitrogens with one attached hydrogen (secondary N) is 1. The first-order valence-corrected chi connectivity index (χ1v) is 8.20. The van der Waals surface area contributed by atoms with E-state index in [1.165, 1.54) is 25.1 Å². The molecule has 0 saturated carbocycles. The fourth-order valence-electron chi connectivity index (χ4n) is 2.32. The van der Waals surface area contributed by atoms with Gasteiger partial charge in [-0.2, -0.15) is 27.1 Å². The Kier molecular flexibility index (Phi) is 5.00. The lowest BCUT2D eigenvalue weighted by atomic mass is 10.3.